The number of rotatable bonds is 3. The second kappa shape index (κ2) is 5.62. The molecule has 0 saturated heterocycles. The fourth-order valence-corrected chi connectivity index (χ4v) is 1.74. The summed E-state index contributed by atoms with van der Waals surface area (Å²) in [4.78, 5) is 29.9. The first-order chi connectivity index (χ1) is 9.47. The number of benzene rings is 1. The van der Waals surface area contributed by atoms with E-state index in [-0.39, 0.29) is 22.2 Å². The molecule has 0 bridgehead atoms. The zero-order chi connectivity index (χ0) is 14.7. The summed E-state index contributed by atoms with van der Waals surface area (Å²) < 4.78 is 0. The number of halogens is 1. The number of nitro benzene ring substituents is 1. The molecule has 0 unspecified atom stereocenters. The predicted octanol–water partition coefficient (Wildman–Crippen LogP) is 2.60. The summed E-state index contributed by atoms with van der Waals surface area (Å²) in [6.45, 7) is 1.67. The summed E-state index contributed by atoms with van der Waals surface area (Å²) in [7, 11) is 0. The van der Waals surface area contributed by atoms with Crippen molar-refractivity contribution in [3.63, 3.8) is 0 Å². The van der Waals surface area contributed by atoms with Crippen LogP contribution in [-0.4, -0.2) is 20.8 Å². The number of amides is 1. The lowest BCUT2D eigenvalue weighted by molar-refractivity contribution is -0.384. The van der Waals surface area contributed by atoms with Crippen molar-refractivity contribution in [2.75, 3.05) is 5.32 Å². The first-order valence-corrected chi connectivity index (χ1v) is 5.89. The van der Waals surface area contributed by atoms with Crippen LogP contribution in [0.1, 0.15) is 15.9 Å². The summed E-state index contributed by atoms with van der Waals surface area (Å²) >= 11 is 5.77. The Morgan fingerprint density at radius 3 is 2.65 bits per heavy atom. The van der Waals surface area contributed by atoms with Crippen LogP contribution in [0.4, 0.5) is 11.5 Å². The van der Waals surface area contributed by atoms with E-state index in [2.05, 4.69) is 15.3 Å². The summed E-state index contributed by atoms with van der Waals surface area (Å²) in [5.74, 6) is -0.442. The van der Waals surface area contributed by atoms with Crippen LogP contribution in [0.3, 0.4) is 0 Å². The lowest BCUT2D eigenvalue weighted by Gasteiger charge is -2.06. The van der Waals surface area contributed by atoms with Crippen molar-refractivity contribution in [2.45, 2.75) is 6.92 Å². The first kappa shape index (κ1) is 13.9. The minimum atomic E-state index is -0.556. The van der Waals surface area contributed by atoms with Crippen LogP contribution in [0.5, 0.6) is 0 Å². The van der Waals surface area contributed by atoms with E-state index >= 15 is 0 Å². The van der Waals surface area contributed by atoms with Gasteiger partial charge >= 0.3 is 0 Å². The van der Waals surface area contributed by atoms with Gasteiger partial charge in [-0.2, -0.15) is 0 Å². The monoisotopic (exact) mass is 292 g/mol. The standard InChI is InChI=1S/C12H9ClN4O3/c1-7-4-8(6-9(5-7)17(19)20)12(18)16-11-10(13)14-2-3-15-11/h2-6H,1H3,(H,15,16,18). The molecule has 8 heteroatoms. The van der Waals surface area contributed by atoms with Crippen LogP contribution in [0.25, 0.3) is 0 Å². The van der Waals surface area contributed by atoms with Crippen LogP contribution in [0.2, 0.25) is 5.15 Å². The van der Waals surface area contributed by atoms with Crippen molar-refractivity contribution in [3.8, 4) is 0 Å². The van der Waals surface area contributed by atoms with Crippen molar-refractivity contribution in [3.05, 3.63) is 57.0 Å². The summed E-state index contributed by atoms with van der Waals surface area (Å²) in [6, 6.07) is 4.10. The number of carbonyl (C=O) groups excluding carboxylic acids is 1. The third kappa shape index (κ3) is 3.07. The molecular weight excluding hydrogens is 284 g/mol. The number of hydrogen-bond donors (Lipinski definition) is 1. The van der Waals surface area contributed by atoms with Crippen LogP contribution in [-0.2, 0) is 0 Å². The number of anilines is 1. The van der Waals surface area contributed by atoms with Crippen LogP contribution in [0.15, 0.2) is 30.6 Å². The van der Waals surface area contributed by atoms with Crippen LogP contribution < -0.4 is 5.32 Å². The van der Waals surface area contributed by atoms with Gasteiger partial charge in [-0.25, -0.2) is 9.97 Å². The minimum Gasteiger partial charge on any atom is -0.304 e. The number of carbonyl (C=O) groups is 1. The summed E-state index contributed by atoms with van der Waals surface area (Å²) in [6.07, 6.45) is 2.76. The molecule has 1 heterocycles. The van der Waals surface area contributed by atoms with E-state index in [1.54, 1.807) is 6.92 Å². The summed E-state index contributed by atoms with van der Waals surface area (Å²) in [5, 5.41) is 13.3. The zero-order valence-corrected chi connectivity index (χ0v) is 11.1. The highest BCUT2D eigenvalue weighted by Gasteiger charge is 2.15. The van der Waals surface area contributed by atoms with Crippen molar-refractivity contribution in [1.82, 2.24) is 9.97 Å². The molecule has 1 N–H and O–H groups in total. The van der Waals surface area contributed by atoms with Crippen LogP contribution >= 0.6 is 11.6 Å². The number of aryl methyl sites for hydroxylation is 1. The number of nitro groups is 1. The van der Waals surface area contributed by atoms with E-state index in [0.29, 0.717) is 5.56 Å². The predicted molar refractivity (Wildman–Crippen MR) is 72.8 cm³/mol. The van der Waals surface area contributed by atoms with Crippen molar-refractivity contribution < 1.29 is 9.72 Å². The van der Waals surface area contributed by atoms with Gasteiger partial charge in [0.2, 0.25) is 0 Å². The lowest BCUT2D eigenvalue weighted by atomic mass is 10.1. The Morgan fingerprint density at radius 1 is 1.30 bits per heavy atom. The molecule has 2 rings (SSSR count). The molecule has 102 valence electrons. The Hall–Kier alpha value is -2.54. The molecule has 0 aliphatic rings. The van der Waals surface area contributed by atoms with Gasteiger partial charge < -0.3 is 5.32 Å². The van der Waals surface area contributed by atoms with Gasteiger partial charge in [-0.1, -0.05) is 11.6 Å². The molecule has 0 aliphatic carbocycles. The molecule has 20 heavy (non-hydrogen) atoms. The van der Waals surface area contributed by atoms with Crippen molar-refractivity contribution in [1.29, 1.82) is 0 Å². The number of nitrogens with one attached hydrogen (secondary N) is 1. The molecule has 1 aromatic carbocycles. The average molecular weight is 293 g/mol. The van der Waals surface area contributed by atoms with Crippen molar-refractivity contribution >= 4 is 29.0 Å². The normalized spacial score (nSPS) is 10.1. The maximum Gasteiger partial charge on any atom is 0.270 e. The highest BCUT2D eigenvalue weighted by atomic mass is 35.5. The van der Waals surface area contributed by atoms with E-state index in [1.165, 1.54) is 30.6 Å². The Bertz CT molecular complexity index is 690. The minimum absolute atomic E-state index is 0.0444. The molecule has 0 spiro atoms. The topological polar surface area (TPSA) is 98.0 Å². The Labute approximate surface area is 118 Å². The van der Waals surface area contributed by atoms with Gasteiger partial charge in [0.1, 0.15) is 0 Å². The fraction of sp³-hybridized carbons (Fsp3) is 0.0833. The molecular formula is C12H9ClN4O3. The maximum absolute atomic E-state index is 12.0. The molecule has 0 atom stereocenters. The second-order valence-electron chi connectivity index (χ2n) is 3.96. The molecule has 1 amide bonds. The van der Waals surface area contributed by atoms with E-state index in [9.17, 15) is 14.9 Å². The number of nitrogens with zero attached hydrogens (tertiary/aromatic N) is 3. The Morgan fingerprint density at radius 2 is 2.00 bits per heavy atom. The average Bonchev–Trinajstić information content (AvgIpc) is 2.40. The second-order valence-corrected chi connectivity index (χ2v) is 4.32. The Kier molecular flexibility index (Phi) is 3.90. The van der Waals surface area contributed by atoms with Gasteiger partial charge in [0, 0.05) is 30.1 Å². The Balaban J connectivity index is 2.30. The molecule has 0 aliphatic heterocycles. The zero-order valence-electron chi connectivity index (χ0n) is 10.3. The summed E-state index contributed by atoms with van der Waals surface area (Å²) in [5.41, 5.74) is 0.605. The van der Waals surface area contributed by atoms with E-state index in [1.807, 2.05) is 0 Å². The molecule has 1 aromatic heterocycles. The molecule has 7 nitrogen and oxygen atoms in total. The van der Waals surface area contributed by atoms with Gasteiger partial charge in [0.05, 0.1) is 4.92 Å². The maximum atomic E-state index is 12.0. The van der Waals surface area contributed by atoms with Crippen LogP contribution in [0, 0.1) is 17.0 Å². The SMILES string of the molecule is Cc1cc(C(=O)Nc2nccnc2Cl)cc([N+](=O)[O-])c1. The highest BCUT2D eigenvalue weighted by molar-refractivity contribution is 6.32. The molecule has 0 saturated carbocycles. The highest BCUT2D eigenvalue weighted by Crippen LogP contribution is 2.19. The van der Waals surface area contributed by atoms with Gasteiger partial charge in [-0.3, -0.25) is 14.9 Å². The smallest absolute Gasteiger partial charge is 0.270 e. The first-order valence-electron chi connectivity index (χ1n) is 5.51. The van der Waals surface area contributed by atoms with Gasteiger partial charge in [-0.15, -0.1) is 0 Å². The van der Waals surface area contributed by atoms with E-state index in [0.717, 1.165) is 0 Å². The van der Waals surface area contributed by atoms with Crippen molar-refractivity contribution in [2.24, 2.45) is 0 Å². The molecule has 2 aromatic rings. The lowest BCUT2D eigenvalue weighted by Crippen LogP contribution is -2.14. The fourth-order valence-electron chi connectivity index (χ4n) is 1.58. The van der Waals surface area contributed by atoms with Gasteiger partial charge in [0.15, 0.2) is 11.0 Å². The number of hydrogen-bond acceptors (Lipinski definition) is 5. The largest absolute Gasteiger partial charge is 0.304 e. The van der Waals surface area contributed by atoms with Gasteiger partial charge in [0.25, 0.3) is 11.6 Å². The third-order valence-corrected chi connectivity index (χ3v) is 2.70. The van der Waals surface area contributed by atoms with E-state index < -0.39 is 10.8 Å². The molecule has 0 fully saturated rings. The van der Waals surface area contributed by atoms with Gasteiger partial charge in [-0.05, 0) is 18.6 Å². The number of aromatic nitrogens is 2. The van der Waals surface area contributed by atoms with E-state index in [4.69, 9.17) is 11.6 Å². The molecule has 0 radical (unpaired) electrons. The number of non-ortho nitro benzene ring substituents is 1. The third-order valence-electron chi connectivity index (χ3n) is 2.42. The quantitative estimate of drug-likeness (QED) is 0.692.